The third-order valence-electron chi connectivity index (χ3n) is 2.64. The number of nitrogen functional groups attached to an aromatic ring is 1. The first kappa shape index (κ1) is 11.3. The molecule has 0 saturated heterocycles. The molecule has 3 rings (SSSR count). The molecule has 0 atom stereocenters. The molecule has 1 aromatic carbocycles. The Kier molecular flexibility index (Phi) is 2.45. The van der Waals surface area contributed by atoms with Gasteiger partial charge in [-0.2, -0.15) is 0 Å². The SMILES string of the molecule is Nc1ccc2oc(Cn3[nH]c(=O)ccc3=O)nc2c1. The van der Waals surface area contributed by atoms with Crippen molar-refractivity contribution < 1.29 is 4.42 Å². The number of aromatic nitrogens is 3. The minimum absolute atomic E-state index is 0.0590. The predicted octanol–water partition coefficient (Wildman–Crippen LogP) is 0.308. The van der Waals surface area contributed by atoms with Gasteiger partial charge < -0.3 is 10.2 Å². The highest BCUT2D eigenvalue weighted by molar-refractivity contribution is 5.76. The number of nitrogens with zero attached hydrogens (tertiary/aromatic N) is 2. The van der Waals surface area contributed by atoms with Gasteiger partial charge in [0.2, 0.25) is 5.89 Å². The molecule has 0 amide bonds. The standard InChI is InChI=1S/C12H10N4O3/c13-7-1-2-9-8(5-7)14-11(19-9)6-16-12(18)4-3-10(17)15-16/h1-5H,6,13H2,(H,15,17). The lowest BCUT2D eigenvalue weighted by Crippen LogP contribution is -2.28. The maximum absolute atomic E-state index is 11.5. The van der Waals surface area contributed by atoms with Crippen molar-refractivity contribution in [2.24, 2.45) is 0 Å². The van der Waals surface area contributed by atoms with Crippen molar-refractivity contribution in [1.29, 1.82) is 0 Å². The molecule has 96 valence electrons. The van der Waals surface area contributed by atoms with E-state index in [1.54, 1.807) is 18.2 Å². The summed E-state index contributed by atoms with van der Waals surface area (Å²) >= 11 is 0. The van der Waals surface area contributed by atoms with Gasteiger partial charge in [-0.15, -0.1) is 0 Å². The van der Waals surface area contributed by atoms with Crippen molar-refractivity contribution in [2.75, 3.05) is 5.73 Å². The topological polar surface area (TPSA) is 107 Å². The number of fused-ring (bicyclic) bond motifs is 1. The number of aromatic amines is 1. The zero-order chi connectivity index (χ0) is 13.4. The van der Waals surface area contributed by atoms with Crippen molar-refractivity contribution in [3.05, 3.63) is 56.9 Å². The van der Waals surface area contributed by atoms with Crippen LogP contribution in [0.5, 0.6) is 0 Å². The average Bonchev–Trinajstić information content (AvgIpc) is 2.75. The van der Waals surface area contributed by atoms with Gasteiger partial charge in [-0.05, 0) is 18.2 Å². The third-order valence-corrected chi connectivity index (χ3v) is 2.64. The molecule has 19 heavy (non-hydrogen) atoms. The quantitative estimate of drug-likeness (QED) is 0.643. The van der Waals surface area contributed by atoms with Crippen LogP contribution in [0.3, 0.4) is 0 Å². The normalized spacial score (nSPS) is 10.9. The summed E-state index contributed by atoms with van der Waals surface area (Å²) in [6.45, 7) is 0.0590. The van der Waals surface area contributed by atoms with Crippen molar-refractivity contribution in [3.63, 3.8) is 0 Å². The van der Waals surface area contributed by atoms with Crippen LogP contribution >= 0.6 is 0 Å². The molecule has 0 bridgehead atoms. The smallest absolute Gasteiger partial charge is 0.265 e. The zero-order valence-corrected chi connectivity index (χ0v) is 9.79. The van der Waals surface area contributed by atoms with Crippen molar-refractivity contribution >= 4 is 16.8 Å². The third kappa shape index (κ3) is 2.13. The highest BCUT2D eigenvalue weighted by Gasteiger charge is 2.07. The second-order valence-electron chi connectivity index (χ2n) is 4.07. The first-order chi connectivity index (χ1) is 9.11. The molecule has 0 saturated carbocycles. The van der Waals surface area contributed by atoms with Crippen LogP contribution in [0.25, 0.3) is 11.1 Å². The van der Waals surface area contributed by atoms with Gasteiger partial charge in [-0.25, -0.2) is 9.67 Å². The van der Waals surface area contributed by atoms with E-state index >= 15 is 0 Å². The highest BCUT2D eigenvalue weighted by Crippen LogP contribution is 2.18. The minimum atomic E-state index is -0.361. The van der Waals surface area contributed by atoms with Crippen LogP contribution in [0.1, 0.15) is 5.89 Å². The summed E-state index contributed by atoms with van der Waals surface area (Å²) in [6.07, 6.45) is 0. The van der Waals surface area contributed by atoms with E-state index < -0.39 is 0 Å². The minimum Gasteiger partial charge on any atom is -0.439 e. The van der Waals surface area contributed by atoms with Crippen LogP contribution in [0.2, 0.25) is 0 Å². The fraction of sp³-hybridized carbons (Fsp3) is 0.0833. The Bertz CT molecular complexity index is 859. The van der Waals surface area contributed by atoms with Crippen LogP contribution in [-0.2, 0) is 6.54 Å². The molecule has 0 aliphatic carbocycles. The monoisotopic (exact) mass is 258 g/mol. The molecule has 2 aromatic heterocycles. The molecule has 3 aromatic rings. The van der Waals surface area contributed by atoms with E-state index in [2.05, 4.69) is 10.1 Å². The number of hydrogen-bond donors (Lipinski definition) is 2. The number of oxazole rings is 1. The fourth-order valence-electron chi connectivity index (χ4n) is 1.77. The Hall–Kier alpha value is -2.83. The number of nitrogens with one attached hydrogen (secondary N) is 1. The largest absolute Gasteiger partial charge is 0.439 e. The van der Waals surface area contributed by atoms with Crippen LogP contribution in [0.4, 0.5) is 5.69 Å². The second-order valence-corrected chi connectivity index (χ2v) is 4.07. The zero-order valence-electron chi connectivity index (χ0n) is 9.79. The Morgan fingerprint density at radius 3 is 2.95 bits per heavy atom. The van der Waals surface area contributed by atoms with Crippen LogP contribution in [-0.4, -0.2) is 14.8 Å². The van der Waals surface area contributed by atoms with Gasteiger partial charge in [0.15, 0.2) is 5.58 Å². The summed E-state index contributed by atoms with van der Waals surface area (Å²) in [5, 5.41) is 2.40. The Morgan fingerprint density at radius 2 is 2.11 bits per heavy atom. The van der Waals surface area contributed by atoms with Gasteiger partial charge in [0.25, 0.3) is 11.1 Å². The summed E-state index contributed by atoms with van der Waals surface area (Å²) in [4.78, 5) is 26.9. The molecule has 0 spiro atoms. The van der Waals surface area contributed by atoms with Crippen LogP contribution < -0.4 is 16.9 Å². The van der Waals surface area contributed by atoms with Crippen molar-refractivity contribution in [3.8, 4) is 0 Å². The molecule has 2 heterocycles. The Labute approximate surface area is 106 Å². The summed E-state index contributed by atoms with van der Waals surface area (Å²) in [5.41, 5.74) is 6.72. The maximum Gasteiger partial charge on any atom is 0.265 e. The van der Waals surface area contributed by atoms with E-state index in [0.717, 1.165) is 4.68 Å². The van der Waals surface area contributed by atoms with E-state index in [9.17, 15) is 9.59 Å². The lowest BCUT2D eigenvalue weighted by atomic mass is 10.3. The van der Waals surface area contributed by atoms with Crippen LogP contribution in [0.15, 0.2) is 44.3 Å². The first-order valence-corrected chi connectivity index (χ1v) is 5.57. The molecule has 0 fully saturated rings. The maximum atomic E-state index is 11.5. The van der Waals surface area contributed by atoms with Gasteiger partial charge in [-0.3, -0.25) is 14.7 Å². The average molecular weight is 258 g/mol. The fourth-order valence-corrected chi connectivity index (χ4v) is 1.77. The molecular weight excluding hydrogens is 248 g/mol. The molecular formula is C12H10N4O3. The second kappa shape index (κ2) is 4.13. The lowest BCUT2D eigenvalue weighted by molar-refractivity contribution is 0.478. The first-order valence-electron chi connectivity index (χ1n) is 5.57. The van der Waals surface area contributed by atoms with Gasteiger partial charge in [0, 0.05) is 17.8 Å². The Morgan fingerprint density at radius 1 is 1.26 bits per heavy atom. The van der Waals surface area contributed by atoms with Gasteiger partial charge in [-0.1, -0.05) is 0 Å². The molecule has 0 unspecified atom stereocenters. The molecule has 7 heteroatoms. The van der Waals surface area contributed by atoms with E-state index in [1.165, 1.54) is 12.1 Å². The number of benzene rings is 1. The van der Waals surface area contributed by atoms with E-state index in [4.69, 9.17) is 10.2 Å². The van der Waals surface area contributed by atoms with Crippen LogP contribution in [0, 0.1) is 0 Å². The molecule has 0 aliphatic heterocycles. The molecule has 0 radical (unpaired) electrons. The van der Waals surface area contributed by atoms with Crippen molar-refractivity contribution in [2.45, 2.75) is 6.54 Å². The summed E-state index contributed by atoms with van der Waals surface area (Å²) in [5.74, 6) is 0.324. The molecule has 0 aliphatic rings. The predicted molar refractivity (Wildman–Crippen MR) is 68.8 cm³/mol. The molecule has 7 nitrogen and oxygen atoms in total. The van der Waals surface area contributed by atoms with Gasteiger partial charge in [0.1, 0.15) is 12.1 Å². The van der Waals surface area contributed by atoms with Gasteiger partial charge in [0.05, 0.1) is 0 Å². The number of H-pyrrole nitrogens is 1. The number of hydrogen-bond acceptors (Lipinski definition) is 5. The number of anilines is 1. The number of rotatable bonds is 2. The van der Waals surface area contributed by atoms with E-state index in [0.29, 0.717) is 22.7 Å². The van der Waals surface area contributed by atoms with Crippen molar-refractivity contribution in [1.82, 2.24) is 14.8 Å². The van der Waals surface area contributed by atoms with Gasteiger partial charge >= 0.3 is 0 Å². The summed E-state index contributed by atoms with van der Waals surface area (Å²) in [7, 11) is 0. The Balaban J connectivity index is 2.03. The van der Waals surface area contributed by atoms with E-state index in [1.807, 2.05) is 0 Å². The lowest BCUT2D eigenvalue weighted by Gasteiger charge is -1.99. The number of nitrogens with two attached hydrogens (primary N) is 1. The van der Waals surface area contributed by atoms with E-state index in [-0.39, 0.29) is 17.7 Å². The molecule has 3 N–H and O–H groups in total. The summed E-state index contributed by atoms with van der Waals surface area (Å²) < 4.78 is 6.61. The highest BCUT2D eigenvalue weighted by atomic mass is 16.3. The summed E-state index contributed by atoms with van der Waals surface area (Å²) in [6, 6.07) is 7.45.